The molecule has 1 saturated heterocycles. The van der Waals surface area contributed by atoms with E-state index in [9.17, 15) is 8.42 Å². The molecule has 0 aliphatic carbocycles. The summed E-state index contributed by atoms with van der Waals surface area (Å²) >= 11 is 0. The van der Waals surface area contributed by atoms with E-state index in [1.54, 1.807) is 11.1 Å². The first kappa shape index (κ1) is 14.1. The van der Waals surface area contributed by atoms with Gasteiger partial charge in [0.25, 0.3) is 10.0 Å². The first-order chi connectivity index (χ1) is 9.03. The number of nitrogen functional groups attached to an aromatic ring is 1. The number of nitrogens with one attached hydrogen (secondary N) is 1. The summed E-state index contributed by atoms with van der Waals surface area (Å²) in [6, 6.07) is 4.51. The quantitative estimate of drug-likeness (QED) is 0.805. The fraction of sp³-hybridized carbons (Fsp3) is 0.500. The van der Waals surface area contributed by atoms with Crippen LogP contribution in [0.5, 0.6) is 5.75 Å². The first-order valence-electron chi connectivity index (χ1n) is 6.24. The van der Waals surface area contributed by atoms with Crippen LogP contribution in [0.4, 0.5) is 5.69 Å². The molecule has 1 aromatic rings. The number of rotatable bonds is 4. The molecule has 1 aliphatic heterocycles. The fourth-order valence-electron chi connectivity index (χ4n) is 2.11. The standard InChI is InChI=1S/C12H19N3O3S/c1-18-11-9-10(13)5-6-12(11)19(16,17)14-15-7-3-2-4-8-15/h5-6,9,14H,2-4,7-8,13H2,1H3. The van der Waals surface area contributed by atoms with Crippen molar-refractivity contribution in [3.63, 3.8) is 0 Å². The normalized spacial score (nSPS) is 17.3. The molecule has 1 aromatic carbocycles. The van der Waals surface area contributed by atoms with Crippen LogP contribution in [0.25, 0.3) is 0 Å². The van der Waals surface area contributed by atoms with Crippen LogP contribution >= 0.6 is 0 Å². The SMILES string of the molecule is COc1cc(N)ccc1S(=O)(=O)NN1CCCCC1. The van der Waals surface area contributed by atoms with Crippen LogP contribution < -0.4 is 15.3 Å². The molecule has 106 valence electrons. The van der Waals surface area contributed by atoms with Crippen LogP contribution in [-0.4, -0.2) is 33.6 Å². The highest BCUT2D eigenvalue weighted by atomic mass is 32.2. The zero-order chi connectivity index (χ0) is 13.9. The maximum atomic E-state index is 12.3. The van der Waals surface area contributed by atoms with Gasteiger partial charge in [0.1, 0.15) is 10.6 Å². The number of piperidine rings is 1. The molecule has 1 aliphatic rings. The maximum Gasteiger partial charge on any atom is 0.257 e. The van der Waals surface area contributed by atoms with Crippen molar-refractivity contribution in [3.05, 3.63) is 18.2 Å². The maximum absolute atomic E-state index is 12.3. The van der Waals surface area contributed by atoms with Crippen molar-refractivity contribution >= 4 is 15.7 Å². The molecule has 6 nitrogen and oxygen atoms in total. The summed E-state index contributed by atoms with van der Waals surface area (Å²) < 4.78 is 29.7. The Hall–Kier alpha value is -1.31. The molecule has 0 amide bonds. The zero-order valence-corrected chi connectivity index (χ0v) is 11.7. The number of hydrazine groups is 1. The minimum atomic E-state index is -3.62. The van der Waals surface area contributed by atoms with Gasteiger partial charge in [0.05, 0.1) is 7.11 Å². The van der Waals surface area contributed by atoms with E-state index in [0.29, 0.717) is 5.69 Å². The van der Waals surface area contributed by atoms with Crippen LogP contribution in [0.15, 0.2) is 23.1 Å². The van der Waals surface area contributed by atoms with Crippen LogP contribution in [0.3, 0.4) is 0 Å². The van der Waals surface area contributed by atoms with Gasteiger partial charge >= 0.3 is 0 Å². The average Bonchev–Trinajstić information content (AvgIpc) is 2.38. The van der Waals surface area contributed by atoms with Crippen LogP contribution in [-0.2, 0) is 10.0 Å². The summed E-state index contributed by atoms with van der Waals surface area (Å²) in [5.74, 6) is 0.254. The van der Waals surface area contributed by atoms with Crippen molar-refractivity contribution in [1.29, 1.82) is 0 Å². The van der Waals surface area contributed by atoms with Gasteiger partial charge in [0.2, 0.25) is 0 Å². The molecule has 2 rings (SSSR count). The van der Waals surface area contributed by atoms with E-state index in [-0.39, 0.29) is 10.6 Å². The molecule has 0 bridgehead atoms. The summed E-state index contributed by atoms with van der Waals surface area (Å²) in [6.07, 6.45) is 3.15. The molecule has 0 aromatic heterocycles. The Morgan fingerprint density at radius 1 is 1.26 bits per heavy atom. The van der Waals surface area contributed by atoms with E-state index < -0.39 is 10.0 Å². The Bertz CT molecular complexity index is 539. The molecule has 3 N–H and O–H groups in total. The van der Waals surface area contributed by atoms with Gasteiger partial charge in [-0.1, -0.05) is 6.42 Å². The largest absolute Gasteiger partial charge is 0.495 e. The molecule has 0 saturated carbocycles. The lowest BCUT2D eigenvalue weighted by atomic mass is 10.2. The number of hydrogen-bond acceptors (Lipinski definition) is 5. The third-order valence-electron chi connectivity index (χ3n) is 3.08. The highest BCUT2D eigenvalue weighted by Gasteiger charge is 2.23. The van der Waals surface area contributed by atoms with Gasteiger partial charge in [-0.2, -0.15) is 0 Å². The Morgan fingerprint density at radius 3 is 2.58 bits per heavy atom. The zero-order valence-electron chi connectivity index (χ0n) is 10.9. The van der Waals surface area contributed by atoms with Crippen molar-refractivity contribution in [2.45, 2.75) is 24.2 Å². The first-order valence-corrected chi connectivity index (χ1v) is 7.72. The number of benzene rings is 1. The van der Waals surface area contributed by atoms with Crippen molar-refractivity contribution < 1.29 is 13.2 Å². The summed E-state index contributed by atoms with van der Waals surface area (Å²) in [6.45, 7) is 1.47. The molecule has 19 heavy (non-hydrogen) atoms. The summed E-state index contributed by atoms with van der Waals surface area (Å²) in [7, 11) is -2.20. The molecular formula is C12H19N3O3S. The van der Waals surface area contributed by atoms with Crippen molar-refractivity contribution in [2.24, 2.45) is 0 Å². The number of sulfonamides is 1. The number of hydrogen-bond donors (Lipinski definition) is 2. The number of nitrogens with two attached hydrogens (primary N) is 1. The summed E-state index contributed by atoms with van der Waals surface area (Å²) in [5.41, 5.74) is 6.09. The van der Waals surface area contributed by atoms with E-state index in [1.165, 1.54) is 19.2 Å². The molecular weight excluding hydrogens is 266 g/mol. The molecule has 0 spiro atoms. The monoisotopic (exact) mass is 285 g/mol. The Balaban J connectivity index is 2.23. The summed E-state index contributed by atoms with van der Waals surface area (Å²) in [4.78, 5) is 2.70. The molecule has 0 unspecified atom stereocenters. The average molecular weight is 285 g/mol. The van der Waals surface area contributed by atoms with Gasteiger partial charge in [-0.25, -0.2) is 13.4 Å². The van der Waals surface area contributed by atoms with E-state index in [2.05, 4.69) is 4.83 Å². The second kappa shape index (κ2) is 5.77. The highest BCUT2D eigenvalue weighted by Crippen LogP contribution is 2.26. The third-order valence-corrected chi connectivity index (χ3v) is 4.50. The number of anilines is 1. The number of ether oxygens (including phenoxy) is 1. The topological polar surface area (TPSA) is 84.7 Å². The molecule has 1 heterocycles. The van der Waals surface area contributed by atoms with Gasteiger partial charge in [-0.3, -0.25) is 0 Å². The lowest BCUT2D eigenvalue weighted by Gasteiger charge is -2.26. The van der Waals surface area contributed by atoms with Crippen LogP contribution in [0, 0.1) is 0 Å². The van der Waals surface area contributed by atoms with Gasteiger partial charge < -0.3 is 10.5 Å². The molecule has 0 radical (unpaired) electrons. The molecule has 0 atom stereocenters. The van der Waals surface area contributed by atoms with E-state index in [4.69, 9.17) is 10.5 Å². The predicted molar refractivity (Wildman–Crippen MR) is 73.2 cm³/mol. The van der Waals surface area contributed by atoms with Gasteiger partial charge in [-0.05, 0) is 25.0 Å². The minimum Gasteiger partial charge on any atom is -0.495 e. The lowest BCUT2D eigenvalue weighted by Crippen LogP contribution is -2.44. The van der Waals surface area contributed by atoms with Crippen molar-refractivity contribution in [2.75, 3.05) is 25.9 Å². The van der Waals surface area contributed by atoms with Gasteiger partial charge in [-0.15, -0.1) is 4.83 Å². The molecule has 1 fully saturated rings. The smallest absolute Gasteiger partial charge is 0.257 e. The number of methoxy groups -OCH3 is 1. The second-order valence-corrected chi connectivity index (χ2v) is 6.18. The highest BCUT2D eigenvalue weighted by molar-refractivity contribution is 7.89. The van der Waals surface area contributed by atoms with E-state index >= 15 is 0 Å². The summed E-state index contributed by atoms with van der Waals surface area (Å²) in [5, 5.41) is 1.73. The number of nitrogens with zero attached hydrogens (tertiary/aromatic N) is 1. The Morgan fingerprint density at radius 2 is 1.95 bits per heavy atom. The van der Waals surface area contributed by atoms with Crippen LogP contribution in [0.2, 0.25) is 0 Å². The minimum absolute atomic E-state index is 0.106. The fourth-order valence-corrected chi connectivity index (χ4v) is 3.39. The van der Waals surface area contributed by atoms with E-state index in [1.807, 2.05) is 0 Å². The predicted octanol–water partition coefficient (Wildman–Crippen LogP) is 0.957. The Labute approximate surface area is 113 Å². The second-order valence-electron chi connectivity index (χ2n) is 4.55. The van der Waals surface area contributed by atoms with Crippen molar-refractivity contribution in [1.82, 2.24) is 9.84 Å². The third kappa shape index (κ3) is 3.37. The lowest BCUT2D eigenvalue weighted by molar-refractivity contribution is 0.199. The van der Waals surface area contributed by atoms with Gasteiger partial charge in [0, 0.05) is 24.8 Å². The van der Waals surface area contributed by atoms with Gasteiger partial charge in [0.15, 0.2) is 0 Å². The van der Waals surface area contributed by atoms with E-state index in [0.717, 1.165) is 32.4 Å². The van der Waals surface area contributed by atoms with Crippen LogP contribution in [0.1, 0.15) is 19.3 Å². The Kier molecular flexibility index (Phi) is 4.28. The van der Waals surface area contributed by atoms with Crippen molar-refractivity contribution in [3.8, 4) is 5.75 Å². The molecule has 7 heteroatoms.